The molecule has 1 rings (SSSR count). The fourth-order valence-corrected chi connectivity index (χ4v) is 1.26. The van der Waals surface area contributed by atoms with Crippen LogP contribution in [0.25, 0.3) is 0 Å². The summed E-state index contributed by atoms with van der Waals surface area (Å²) in [5, 5.41) is 0. The van der Waals surface area contributed by atoms with E-state index >= 15 is 0 Å². The van der Waals surface area contributed by atoms with Crippen molar-refractivity contribution in [3.8, 4) is 0 Å². The van der Waals surface area contributed by atoms with Gasteiger partial charge in [-0.05, 0) is 13.8 Å². The molecule has 2 atom stereocenters. The van der Waals surface area contributed by atoms with Crippen LogP contribution in [0.15, 0.2) is 0 Å². The topological polar surface area (TPSA) is 52.6 Å². The molecule has 2 unspecified atom stereocenters. The summed E-state index contributed by atoms with van der Waals surface area (Å²) < 4.78 is 10.2. The lowest BCUT2D eigenvalue weighted by Crippen LogP contribution is -2.39. The molecule has 0 saturated carbocycles. The predicted molar refractivity (Wildman–Crippen MR) is 49.5 cm³/mol. The number of ether oxygens (including phenoxy) is 2. The van der Waals surface area contributed by atoms with E-state index in [1.165, 1.54) is 0 Å². The number of carbonyl (C=O) groups excluding carboxylic acids is 2. The highest BCUT2D eigenvalue weighted by Gasteiger charge is 2.46. The van der Waals surface area contributed by atoms with Crippen LogP contribution in [0, 0.1) is 5.92 Å². The minimum Gasteiger partial charge on any atom is -0.458 e. The summed E-state index contributed by atoms with van der Waals surface area (Å²) in [4.78, 5) is 22.4. The quantitative estimate of drug-likeness (QED) is 0.630. The number of hydrogen-bond acceptors (Lipinski definition) is 4. The van der Waals surface area contributed by atoms with Crippen molar-refractivity contribution in [2.45, 2.75) is 45.8 Å². The van der Waals surface area contributed by atoms with Crippen molar-refractivity contribution < 1.29 is 19.1 Å². The van der Waals surface area contributed by atoms with Gasteiger partial charge >= 0.3 is 11.9 Å². The number of rotatable bonds is 2. The average Bonchev–Trinajstić information content (AvgIpc) is 2.25. The van der Waals surface area contributed by atoms with Gasteiger partial charge in [0.1, 0.15) is 6.10 Å². The highest BCUT2D eigenvalue weighted by atomic mass is 16.6. The first kappa shape index (κ1) is 11.0. The molecule has 0 radical (unpaired) electrons. The number of carbonyl (C=O) groups is 2. The fraction of sp³-hybridized carbons (Fsp3) is 0.800. The Labute approximate surface area is 83.6 Å². The van der Waals surface area contributed by atoms with E-state index in [0.717, 1.165) is 0 Å². The molecule has 0 N–H and O–H groups in total. The molecule has 0 aromatic rings. The van der Waals surface area contributed by atoms with E-state index in [2.05, 4.69) is 0 Å². The zero-order valence-electron chi connectivity index (χ0n) is 8.99. The molecule has 80 valence electrons. The molecule has 14 heavy (non-hydrogen) atoms. The SMILES string of the molecule is CC(C)C(=O)OC1(C)CC(=O)OC1C. The lowest BCUT2D eigenvalue weighted by Gasteiger charge is -2.26. The maximum atomic E-state index is 11.4. The van der Waals surface area contributed by atoms with Gasteiger partial charge in [-0.25, -0.2) is 0 Å². The second-order valence-corrected chi connectivity index (χ2v) is 4.20. The third-order valence-corrected chi connectivity index (χ3v) is 2.47. The second kappa shape index (κ2) is 3.59. The van der Waals surface area contributed by atoms with Gasteiger partial charge in [0.2, 0.25) is 0 Å². The summed E-state index contributed by atoms with van der Waals surface area (Å²) in [6.07, 6.45) is -0.218. The summed E-state index contributed by atoms with van der Waals surface area (Å²) in [5.41, 5.74) is -0.793. The smallest absolute Gasteiger partial charge is 0.310 e. The van der Waals surface area contributed by atoms with Crippen molar-refractivity contribution in [2.75, 3.05) is 0 Å². The zero-order chi connectivity index (χ0) is 10.9. The maximum absolute atomic E-state index is 11.4. The van der Waals surface area contributed by atoms with Crippen molar-refractivity contribution in [1.82, 2.24) is 0 Å². The summed E-state index contributed by atoms with van der Waals surface area (Å²) in [6, 6.07) is 0. The minimum atomic E-state index is -0.793. The molecule has 1 fully saturated rings. The van der Waals surface area contributed by atoms with Crippen molar-refractivity contribution in [3.63, 3.8) is 0 Å². The Morgan fingerprint density at radius 1 is 1.64 bits per heavy atom. The van der Waals surface area contributed by atoms with Crippen molar-refractivity contribution in [1.29, 1.82) is 0 Å². The van der Waals surface area contributed by atoms with Gasteiger partial charge in [0.15, 0.2) is 5.60 Å². The summed E-state index contributed by atoms with van der Waals surface area (Å²) >= 11 is 0. The molecular formula is C10H16O4. The zero-order valence-corrected chi connectivity index (χ0v) is 8.99. The van der Waals surface area contributed by atoms with Crippen LogP contribution in [0.4, 0.5) is 0 Å². The molecule has 1 saturated heterocycles. The van der Waals surface area contributed by atoms with Crippen LogP contribution in [0.3, 0.4) is 0 Å². The van der Waals surface area contributed by atoms with Crippen LogP contribution in [0.2, 0.25) is 0 Å². The molecule has 0 aliphatic carbocycles. The molecule has 1 aliphatic rings. The van der Waals surface area contributed by atoms with Crippen molar-refractivity contribution >= 4 is 11.9 Å². The van der Waals surface area contributed by atoms with Crippen molar-refractivity contribution in [2.24, 2.45) is 5.92 Å². The number of hydrogen-bond donors (Lipinski definition) is 0. The molecule has 0 spiro atoms. The van der Waals surface area contributed by atoms with Crippen LogP contribution in [-0.4, -0.2) is 23.6 Å². The highest BCUT2D eigenvalue weighted by molar-refractivity contribution is 5.76. The normalized spacial score (nSPS) is 31.8. The van der Waals surface area contributed by atoms with E-state index in [9.17, 15) is 9.59 Å². The molecule has 0 aromatic heterocycles. The molecule has 4 nitrogen and oxygen atoms in total. The van der Waals surface area contributed by atoms with E-state index in [1.807, 2.05) is 0 Å². The van der Waals surface area contributed by atoms with Gasteiger partial charge in [0.25, 0.3) is 0 Å². The molecule has 1 aliphatic heterocycles. The van der Waals surface area contributed by atoms with E-state index in [0.29, 0.717) is 0 Å². The first-order valence-corrected chi connectivity index (χ1v) is 4.77. The minimum absolute atomic E-state index is 0.145. The van der Waals surface area contributed by atoms with Crippen LogP contribution < -0.4 is 0 Å². The molecule has 0 bridgehead atoms. The van der Waals surface area contributed by atoms with Crippen LogP contribution in [-0.2, 0) is 19.1 Å². The predicted octanol–water partition coefficient (Wildman–Crippen LogP) is 1.28. The second-order valence-electron chi connectivity index (χ2n) is 4.20. The molecular weight excluding hydrogens is 184 g/mol. The lowest BCUT2D eigenvalue weighted by atomic mass is 9.98. The summed E-state index contributed by atoms with van der Waals surface area (Å²) in [6.45, 7) is 6.98. The van der Waals surface area contributed by atoms with E-state index < -0.39 is 5.60 Å². The van der Waals surface area contributed by atoms with E-state index in [-0.39, 0.29) is 30.4 Å². The van der Waals surface area contributed by atoms with Gasteiger partial charge in [-0.2, -0.15) is 0 Å². The fourth-order valence-electron chi connectivity index (χ4n) is 1.26. The standard InChI is InChI=1S/C10H16O4/c1-6(2)9(12)14-10(4)5-8(11)13-7(10)3/h6-7H,5H2,1-4H3. The largest absolute Gasteiger partial charge is 0.458 e. The highest BCUT2D eigenvalue weighted by Crippen LogP contribution is 2.30. The van der Waals surface area contributed by atoms with Gasteiger partial charge in [0, 0.05) is 0 Å². The molecule has 1 heterocycles. The third-order valence-electron chi connectivity index (χ3n) is 2.47. The van der Waals surface area contributed by atoms with Gasteiger partial charge in [-0.15, -0.1) is 0 Å². The Hall–Kier alpha value is -1.06. The molecule has 0 aromatic carbocycles. The van der Waals surface area contributed by atoms with Gasteiger partial charge in [0.05, 0.1) is 12.3 Å². The van der Waals surface area contributed by atoms with Crippen LogP contribution >= 0.6 is 0 Å². The lowest BCUT2D eigenvalue weighted by molar-refractivity contribution is -0.167. The van der Waals surface area contributed by atoms with Gasteiger partial charge in [-0.3, -0.25) is 9.59 Å². The van der Waals surface area contributed by atoms with Crippen LogP contribution in [0.5, 0.6) is 0 Å². The maximum Gasteiger partial charge on any atom is 0.310 e. The van der Waals surface area contributed by atoms with Crippen molar-refractivity contribution in [3.05, 3.63) is 0 Å². The number of esters is 2. The first-order chi connectivity index (χ1) is 6.35. The Kier molecular flexibility index (Phi) is 2.83. The molecule has 4 heteroatoms. The Morgan fingerprint density at radius 2 is 2.21 bits per heavy atom. The third kappa shape index (κ3) is 2.05. The monoisotopic (exact) mass is 200 g/mol. The summed E-state index contributed by atoms with van der Waals surface area (Å²) in [5.74, 6) is -0.788. The van der Waals surface area contributed by atoms with Gasteiger partial charge < -0.3 is 9.47 Å². The Bertz CT molecular complexity index is 259. The molecule has 0 amide bonds. The van der Waals surface area contributed by atoms with E-state index in [1.54, 1.807) is 27.7 Å². The van der Waals surface area contributed by atoms with Gasteiger partial charge in [-0.1, -0.05) is 13.8 Å². The Morgan fingerprint density at radius 3 is 2.57 bits per heavy atom. The average molecular weight is 200 g/mol. The number of cyclic esters (lactones) is 1. The van der Waals surface area contributed by atoms with Crippen LogP contribution in [0.1, 0.15) is 34.1 Å². The first-order valence-electron chi connectivity index (χ1n) is 4.77. The van der Waals surface area contributed by atoms with E-state index in [4.69, 9.17) is 9.47 Å². The summed E-state index contributed by atoms with van der Waals surface area (Å²) in [7, 11) is 0. The Balaban J connectivity index is 2.67.